The molecule has 0 bridgehead atoms. The van der Waals surface area contributed by atoms with Crippen molar-refractivity contribution in [2.45, 2.75) is 26.2 Å². The van der Waals surface area contributed by atoms with Crippen LogP contribution in [-0.4, -0.2) is 12.6 Å². The largest absolute Gasteiger partial charge is 0.465 e. The second-order valence-electron chi connectivity index (χ2n) is 4.90. The van der Waals surface area contributed by atoms with E-state index in [-0.39, 0.29) is 12.4 Å². The van der Waals surface area contributed by atoms with E-state index in [1.807, 2.05) is 0 Å². The molecule has 1 aliphatic carbocycles. The molecule has 0 amide bonds. The molecule has 0 aromatic heterocycles. The van der Waals surface area contributed by atoms with Gasteiger partial charge in [-0.3, -0.25) is 4.79 Å². The van der Waals surface area contributed by atoms with Crippen molar-refractivity contribution >= 4 is 16.7 Å². The average molecular weight is 264 g/mol. The Morgan fingerprint density at radius 3 is 2.80 bits per heavy atom. The van der Waals surface area contributed by atoms with E-state index < -0.39 is 0 Å². The molecule has 1 aliphatic rings. The molecule has 2 aromatic rings. The quantitative estimate of drug-likeness (QED) is 0.615. The third-order valence-corrected chi connectivity index (χ3v) is 3.64. The lowest BCUT2D eigenvalue weighted by molar-refractivity contribution is -0.141. The minimum Gasteiger partial charge on any atom is -0.465 e. The van der Waals surface area contributed by atoms with Crippen LogP contribution in [0.2, 0.25) is 0 Å². The Kier molecular flexibility index (Phi) is 3.43. The molecule has 20 heavy (non-hydrogen) atoms. The number of esters is 1. The summed E-state index contributed by atoms with van der Waals surface area (Å²) in [5, 5.41) is 2.56. The first-order valence-electron chi connectivity index (χ1n) is 6.97. The standard InChI is InChI=1S/C18H16O2/c1-2-20-17(19)8-4-5-13-9-10-15-12-11-14-6-3-7-16(13)18(14)15/h3,6-7,9-10H,2,8,11-12H2,1H3. The van der Waals surface area contributed by atoms with Gasteiger partial charge in [0.2, 0.25) is 0 Å². The van der Waals surface area contributed by atoms with Crippen molar-refractivity contribution < 1.29 is 9.53 Å². The average Bonchev–Trinajstić information content (AvgIpc) is 2.87. The second-order valence-corrected chi connectivity index (χ2v) is 4.90. The topological polar surface area (TPSA) is 26.3 Å². The number of hydrogen-bond donors (Lipinski definition) is 0. The van der Waals surface area contributed by atoms with Gasteiger partial charge in [0.05, 0.1) is 6.61 Å². The van der Waals surface area contributed by atoms with Crippen molar-refractivity contribution in [3.05, 3.63) is 47.0 Å². The Labute approximate surface area is 118 Å². The third kappa shape index (κ3) is 2.28. The zero-order chi connectivity index (χ0) is 13.9. The van der Waals surface area contributed by atoms with Crippen molar-refractivity contribution in [3.8, 4) is 11.8 Å². The van der Waals surface area contributed by atoms with E-state index in [4.69, 9.17) is 4.74 Å². The molecule has 0 aliphatic heterocycles. The molecule has 0 atom stereocenters. The number of rotatable bonds is 2. The maximum Gasteiger partial charge on any atom is 0.317 e. The Morgan fingerprint density at radius 1 is 1.20 bits per heavy atom. The van der Waals surface area contributed by atoms with Crippen molar-refractivity contribution in [1.82, 2.24) is 0 Å². The fourth-order valence-corrected chi connectivity index (χ4v) is 2.78. The van der Waals surface area contributed by atoms with Gasteiger partial charge in [-0.25, -0.2) is 0 Å². The summed E-state index contributed by atoms with van der Waals surface area (Å²) >= 11 is 0. The van der Waals surface area contributed by atoms with Crippen molar-refractivity contribution in [2.75, 3.05) is 6.61 Å². The molecule has 0 unspecified atom stereocenters. The molecule has 0 radical (unpaired) electrons. The van der Waals surface area contributed by atoms with Crippen LogP contribution in [0.3, 0.4) is 0 Å². The summed E-state index contributed by atoms with van der Waals surface area (Å²) < 4.78 is 4.87. The summed E-state index contributed by atoms with van der Waals surface area (Å²) in [6.07, 6.45) is 2.38. The van der Waals surface area contributed by atoms with E-state index in [1.165, 1.54) is 21.9 Å². The SMILES string of the molecule is CCOC(=O)CC#Cc1ccc2c3c(cccc13)CC2. The third-order valence-electron chi connectivity index (χ3n) is 3.64. The number of hydrogen-bond acceptors (Lipinski definition) is 2. The van der Waals surface area contributed by atoms with Crippen LogP contribution >= 0.6 is 0 Å². The maximum atomic E-state index is 11.3. The highest BCUT2D eigenvalue weighted by Crippen LogP contribution is 2.32. The predicted octanol–water partition coefficient (Wildman–Crippen LogP) is 3.24. The molecule has 0 fully saturated rings. The van der Waals surface area contributed by atoms with Crippen molar-refractivity contribution in [1.29, 1.82) is 0 Å². The highest BCUT2D eigenvalue weighted by Gasteiger charge is 2.14. The van der Waals surface area contributed by atoms with Gasteiger partial charge in [-0.2, -0.15) is 0 Å². The number of ether oxygens (including phenoxy) is 1. The first kappa shape index (κ1) is 12.7. The first-order valence-corrected chi connectivity index (χ1v) is 6.97. The second kappa shape index (κ2) is 5.38. The smallest absolute Gasteiger partial charge is 0.317 e. The monoisotopic (exact) mass is 264 g/mol. The molecule has 3 rings (SSSR count). The number of carbonyl (C=O) groups is 1. The zero-order valence-corrected chi connectivity index (χ0v) is 11.5. The van der Waals surface area contributed by atoms with Gasteiger partial charge in [-0.05, 0) is 47.7 Å². The Balaban J connectivity index is 1.94. The lowest BCUT2D eigenvalue weighted by Gasteiger charge is -2.04. The zero-order valence-electron chi connectivity index (χ0n) is 11.5. The van der Waals surface area contributed by atoms with Crippen LogP contribution in [0.5, 0.6) is 0 Å². The van der Waals surface area contributed by atoms with Crippen molar-refractivity contribution in [3.63, 3.8) is 0 Å². The predicted molar refractivity (Wildman–Crippen MR) is 79.5 cm³/mol. The fourth-order valence-electron chi connectivity index (χ4n) is 2.78. The molecule has 0 saturated heterocycles. The highest BCUT2D eigenvalue weighted by molar-refractivity contribution is 5.95. The molecule has 0 N–H and O–H groups in total. The van der Waals surface area contributed by atoms with Crippen LogP contribution in [0.1, 0.15) is 30.0 Å². The van der Waals surface area contributed by atoms with Crippen LogP contribution in [0, 0.1) is 11.8 Å². The van der Waals surface area contributed by atoms with Crippen molar-refractivity contribution in [2.24, 2.45) is 0 Å². The molecule has 2 heteroatoms. The van der Waals surface area contributed by atoms with Gasteiger partial charge in [-0.15, -0.1) is 0 Å². The van der Waals surface area contributed by atoms with Gasteiger partial charge in [-0.1, -0.05) is 36.1 Å². The van der Waals surface area contributed by atoms with Crippen LogP contribution in [-0.2, 0) is 22.4 Å². The van der Waals surface area contributed by atoms with Crippen LogP contribution in [0.15, 0.2) is 30.3 Å². The summed E-state index contributed by atoms with van der Waals surface area (Å²) in [5.41, 5.74) is 3.81. The minimum atomic E-state index is -0.258. The summed E-state index contributed by atoms with van der Waals surface area (Å²) in [7, 11) is 0. The molecule has 0 saturated carbocycles. The number of carbonyl (C=O) groups excluding carboxylic acids is 1. The van der Waals surface area contributed by atoms with E-state index in [0.717, 1.165) is 18.4 Å². The Morgan fingerprint density at radius 2 is 2.00 bits per heavy atom. The number of benzene rings is 2. The van der Waals surface area contributed by atoms with Gasteiger partial charge in [0, 0.05) is 5.56 Å². The minimum absolute atomic E-state index is 0.150. The van der Waals surface area contributed by atoms with Gasteiger partial charge < -0.3 is 4.74 Å². The molecule has 0 heterocycles. The van der Waals surface area contributed by atoms with Gasteiger partial charge in [0.25, 0.3) is 0 Å². The Hall–Kier alpha value is -2.27. The van der Waals surface area contributed by atoms with Gasteiger partial charge in [0.15, 0.2) is 0 Å². The van der Waals surface area contributed by atoms with E-state index >= 15 is 0 Å². The first-order chi connectivity index (χ1) is 9.79. The lowest BCUT2D eigenvalue weighted by Crippen LogP contribution is -2.01. The molecule has 2 nitrogen and oxygen atoms in total. The summed E-state index contributed by atoms with van der Waals surface area (Å²) in [6, 6.07) is 10.6. The van der Waals surface area contributed by atoms with Crippen LogP contribution in [0.4, 0.5) is 0 Å². The van der Waals surface area contributed by atoms with Crippen LogP contribution < -0.4 is 0 Å². The Bertz CT molecular complexity index is 722. The normalized spacial score (nSPS) is 12.1. The molecular weight excluding hydrogens is 248 g/mol. The molecular formula is C18H16O2. The van der Waals surface area contributed by atoms with E-state index in [1.54, 1.807) is 6.92 Å². The lowest BCUT2D eigenvalue weighted by atomic mass is 10.0. The summed E-state index contributed by atoms with van der Waals surface area (Å²) in [5.74, 6) is 5.76. The van der Waals surface area contributed by atoms with Gasteiger partial charge in [0.1, 0.15) is 6.42 Å². The maximum absolute atomic E-state index is 11.3. The van der Waals surface area contributed by atoms with E-state index in [2.05, 4.69) is 42.2 Å². The highest BCUT2D eigenvalue weighted by atomic mass is 16.5. The van der Waals surface area contributed by atoms with E-state index in [9.17, 15) is 4.79 Å². The summed E-state index contributed by atoms with van der Waals surface area (Å²) in [4.78, 5) is 11.3. The number of aryl methyl sites for hydroxylation is 2. The molecule has 100 valence electrons. The summed E-state index contributed by atoms with van der Waals surface area (Å²) in [6.45, 7) is 2.20. The molecule has 2 aromatic carbocycles. The van der Waals surface area contributed by atoms with Gasteiger partial charge >= 0.3 is 5.97 Å². The van der Waals surface area contributed by atoms with E-state index in [0.29, 0.717) is 6.61 Å². The fraction of sp³-hybridized carbons (Fsp3) is 0.278. The van der Waals surface area contributed by atoms with Crippen LogP contribution in [0.25, 0.3) is 10.8 Å². The molecule has 0 spiro atoms.